The third-order valence-corrected chi connectivity index (χ3v) is 2.16. The molecule has 0 unspecified atom stereocenters. The normalized spacial score (nSPS) is 55.5. The van der Waals surface area contributed by atoms with Gasteiger partial charge in [0.05, 0.1) is 0 Å². The van der Waals surface area contributed by atoms with Crippen molar-refractivity contribution in [1.82, 2.24) is 0 Å². The van der Waals surface area contributed by atoms with E-state index in [0.717, 1.165) is 0 Å². The fraction of sp³-hybridized carbons (Fsp3) is 1.00. The van der Waals surface area contributed by atoms with Crippen molar-refractivity contribution in [3.05, 3.63) is 0 Å². The molecule has 0 radical (unpaired) electrons. The first-order valence-corrected chi connectivity index (χ1v) is 3.76. The average molecular weight is 250 g/mol. The molecule has 8 heavy (non-hydrogen) atoms. The molecule has 4 heteroatoms. The highest BCUT2D eigenvalue weighted by Gasteiger charge is 2.53. The summed E-state index contributed by atoms with van der Waals surface area (Å²) in [6, 6.07) is 0. The van der Waals surface area contributed by atoms with Crippen LogP contribution in [0.1, 0.15) is 12.8 Å². The molecule has 1 rings (SSSR count). The van der Waals surface area contributed by atoms with Gasteiger partial charge in [-0.3, -0.25) is 0 Å². The van der Waals surface area contributed by atoms with Crippen molar-refractivity contribution < 1.29 is 8.78 Å². The summed E-state index contributed by atoms with van der Waals surface area (Å²) in [5.74, 6) is 0. The second-order valence-electron chi connectivity index (χ2n) is 2.07. The molecule has 1 aliphatic carbocycles. The van der Waals surface area contributed by atoms with Crippen LogP contribution < -0.4 is 0 Å². The van der Waals surface area contributed by atoms with Crippen molar-refractivity contribution in [2.24, 2.45) is 0 Å². The van der Waals surface area contributed by atoms with Crippen molar-refractivity contribution in [2.45, 2.75) is 22.0 Å². The van der Waals surface area contributed by atoms with Crippen LogP contribution in [0.4, 0.5) is 8.78 Å². The smallest absolute Gasteiger partial charge is 0.172 e. The first-order chi connectivity index (χ1) is 3.41. The molecule has 0 aromatic rings. The Morgan fingerprint density at radius 2 is 1.25 bits per heavy atom. The van der Waals surface area contributed by atoms with Crippen molar-refractivity contribution in [1.29, 1.82) is 0 Å². The van der Waals surface area contributed by atoms with E-state index in [9.17, 15) is 8.78 Å². The molecular weight excluding hydrogens is 246 g/mol. The van der Waals surface area contributed by atoms with Gasteiger partial charge in [0.1, 0.15) is 0 Å². The molecule has 0 aromatic carbocycles. The lowest BCUT2D eigenvalue weighted by Crippen LogP contribution is -2.42. The van der Waals surface area contributed by atoms with Gasteiger partial charge in [0.2, 0.25) is 0 Å². The fourth-order valence-electron chi connectivity index (χ4n) is 0.705. The van der Waals surface area contributed by atoms with E-state index in [1.165, 1.54) is 0 Å². The summed E-state index contributed by atoms with van der Waals surface area (Å²) in [5, 5.41) is 0. The number of rotatable bonds is 0. The Morgan fingerprint density at radius 1 is 1.00 bits per heavy atom. The third kappa shape index (κ3) is 1.41. The molecule has 0 nitrogen and oxygen atoms in total. The molecule has 0 N–H and O–H groups in total. The van der Waals surface area contributed by atoms with Gasteiger partial charge in [0.15, 0.2) is 9.16 Å². The van der Waals surface area contributed by atoms with Gasteiger partial charge in [-0.15, -0.1) is 0 Å². The maximum Gasteiger partial charge on any atom is 0.172 e. The molecular formula is C4H4Br2F2. The molecule has 0 spiro atoms. The lowest BCUT2D eigenvalue weighted by molar-refractivity contribution is 0.0488. The zero-order valence-corrected chi connectivity index (χ0v) is 7.10. The molecule has 1 saturated carbocycles. The van der Waals surface area contributed by atoms with Crippen LogP contribution in [-0.4, -0.2) is 9.16 Å². The van der Waals surface area contributed by atoms with Crippen LogP contribution in [-0.2, 0) is 0 Å². The van der Waals surface area contributed by atoms with E-state index in [1.807, 2.05) is 0 Å². The summed E-state index contributed by atoms with van der Waals surface area (Å²) >= 11 is 5.41. The van der Waals surface area contributed by atoms with Crippen molar-refractivity contribution in [3.8, 4) is 0 Å². The Bertz CT molecular complexity index is 88.6. The highest BCUT2D eigenvalue weighted by molar-refractivity contribution is 9.11. The van der Waals surface area contributed by atoms with Crippen LogP contribution in [0.2, 0.25) is 0 Å². The van der Waals surface area contributed by atoms with Gasteiger partial charge in [-0.25, -0.2) is 8.78 Å². The molecule has 0 heterocycles. The second-order valence-corrected chi connectivity index (χ2v) is 4.91. The molecule has 0 atom stereocenters. The standard InChI is InChI=1S/C4H4Br2F2/c5-3(7)1-4(6,8)2-3/h1-2H2. The zero-order valence-electron chi connectivity index (χ0n) is 3.93. The molecule has 1 fully saturated rings. The number of alkyl halides is 4. The minimum Gasteiger partial charge on any atom is -0.231 e. The van der Waals surface area contributed by atoms with Crippen LogP contribution in [0.15, 0.2) is 0 Å². The molecule has 0 bridgehead atoms. The average Bonchev–Trinajstić information content (AvgIpc) is 1.20. The van der Waals surface area contributed by atoms with Crippen molar-refractivity contribution >= 4 is 31.9 Å². The van der Waals surface area contributed by atoms with Gasteiger partial charge in [-0.1, -0.05) is 0 Å². The Kier molecular flexibility index (Phi) is 1.44. The summed E-state index contributed by atoms with van der Waals surface area (Å²) in [5.41, 5.74) is 0. The quantitative estimate of drug-likeness (QED) is 0.580. The van der Waals surface area contributed by atoms with Crippen LogP contribution in [0, 0.1) is 0 Å². The van der Waals surface area contributed by atoms with E-state index in [0.29, 0.717) is 0 Å². The maximum absolute atomic E-state index is 12.3. The predicted molar refractivity (Wildman–Crippen MR) is 34.8 cm³/mol. The molecule has 0 aliphatic heterocycles. The largest absolute Gasteiger partial charge is 0.231 e. The lowest BCUT2D eigenvalue weighted by atomic mass is 9.95. The molecule has 48 valence electrons. The summed E-state index contributed by atoms with van der Waals surface area (Å²) in [6.45, 7) is 0. The summed E-state index contributed by atoms with van der Waals surface area (Å²) in [6.07, 6.45) is -0.194. The molecule has 1 aliphatic rings. The topological polar surface area (TPSA) is 0 Å². The van der Waals surface area contributed by atoms with Gasteiger partial charge >= 0.3 is 0 Å². The lowest BCUT2D eigenvalue weighted by Gasteiger charge is -2.38. The maximum atomic E-state index is 12.3. The Morgan fingerprint density at radius 3 is 1.25 bits per heavy atom. The van der Waals surface area contributed by atoms with E-state index < -0.39 is 9.16 Å². The van der Waals surface area contributed by atoms with Crippen LogP contribution >= 0.6 is 31.9 Å². The van der Waals surface area contributed by atoms with Gasteiger partial charge in [-0.05, 0) is 31.9 Å². The monoisotopic (exact) mass is 248 g/mol. The third-order valence-electron chi connectivity index (χ3n) is 1.03. The van der Waals surface area contributed by atoms with Crippen LogP contribution in [0.3, 0.4) is 0 Å². The number of hydrogen-bond donors (Lipinski definition) is 0. The zero-order chi connectivity index (χ0) is 6.41. The van der Waals surface area contributed by atoms with Gasteiger partial charge in [0.25, 0.3) is 0 Å². The minimum atomic E-state index is -1.45. The molecule has 0 amide bonds. The minimum absolute atomic E-state index is 0.0972. The fourth-order valence-corrected chi connectivity index (χ4v) is 3.24. The number of hydrogen-bond acceptors (Lipinski definition) is 0. The molecule has 0 aromatic heterocycles. The number of halogens is 4. The molecule has 0 saturated heterocycles. The second kappa shape index (κ2) is 1.66. The SMILES string of the molecule is FC1(Br)CC(F)(Br)C1. The summed E-state index contributed by atoms with van der Waals surface area (Å²) < 4.78 is 21.8. The first kappa shape index (κ1) is 6.93. The van der Waals surface area contributed by atoms with Crippen molar-refractivity contribution in [2.75, 3.05) is 0 Å². The van der Waals surface area contributed by atoms with E-state index in [-0.39, 0.29) is 12.8 Å². The highest BCUT2D eigenvalue weighted by Crippen LogP contribution is 2.54. The summed E-state index contributed by atoms with van der Waals surface area (Å²) in [7, 11) is 0. The Balaban J connectivity index is 2.42. The highest BCUT2D eigenvalue weighted by atomic mass is 79.9. The summed E-state index contributed by atoms with van der Waals surface area (Å²) in [4.78, 5) is 0. The van der Waals surface area contributed by atoms with Gasteiger partial charge in [0, 0.05) is 12.8 Å². The Labute approximate surface area is 62.9 Å². The van der Waals surface area contributed by atoms with E-state index in [4.69, 9.17) is 0 Å². The first-order valence-electron chi connectivity index (χ1n) is 2.17. The Hall–Kier alpha value is 0.820. The van der Waals surface area contributed by atoms with Crippen molar-refractivity contribution in [3.63, 3.8) is 0 Å². The predicted octanol–water partition coefficient (Wildman–Crippen LogP) is 2.90. The van der Waals surface area contributed by atoms with E-state index in [1.54, 1.807) is 0 Å². The van der Waals surface area contributed by atoms with Crippen LogP contribution in [0.5, 0.6) is 0 Å². The van der Waals surface area contributed by atoms with Crippen LogP contribution in [0.25, 0.3) is 0 Å². The van der Waals surface area contributed by atoms with Gasteiger partial charge in [-0.2, -0.15) is 0 Å². The van der Waals surface area contributed by atoms with Gasteiger partial charge < -0.3 is 0 Å². The van der Waals surface area contributed by atoms with E-state index >= 15 is 0 Å². The van der Waals surface area contributed by atoms with E-state index in [2.05, 4.69) is 31.9 Å².